The number of piperazine rings is 1. The van der Waals surface area contributed by atoms with Crippen molar-refractivity contribution in [2.45, 2.75) is 22.8 Å². The van der Waals surface area contributed by atoms with E-state index < -0.39 is 26.1 Å². The molecule has 1 saturated heterocycles. The monoisotopic (exact) mass is 487 g/mol. The van der Waals surface area contributed by atoms with Gasteiger partial charge < -0.3 is 4.90 Å². The largest absolute Gasteiger partial charge is 0.338 e. The first-order chi connectivity index (χ1) is 15.6. The number of nitrogens with zero attached hydrogens (tertiary/aromatic N) is 4. The molecule has 0 aromatic heterocycles. The van der Waals surface area contributed by atoms with Crippen molar-refractivity contribution in [1.82, 2.24) is 13.9 Å². The minimum absolute atomic E-state index is 0.0910. The molecule has 2 aromatic rings. The van der Waals surface area contributed by atoms with Gasteiger partial charge in [0.05, 0.1) is 21.4 Å². The first-order valence-electron chi connectivity index (χ1n) is 10.1. The lowest BCUT2D eigenvalue weighted by molar-refractivity contribution is -0.133. The zero-order valence-electron chi connectivity index (χ0n) is 17.7. The van der Waals surface area contributed by atoms with Crippen molar-refractivity contribution >= 4 is 31.8 Å². The van der Waals surface area contributed by atoms with Gasteiger partial charge in [0.15, 0.2) is 0 Å². The summed E-state index contributed by atoms with van der Waals surface area (Å²) in [5, 5.41) is 8.88. The van der Waals surface area contributed by atoms with E-state index in [0.717, 1.165) is 0 Å². The number of aliphatic imine (C=N–C) groups is 1. The van der Waals surface area contributed by atoms with Gasteiger partial charge in [0.1, 0.15) is 11.9 Å². The molecule has 33 heavy (non-hydrogen) atoms. The molecule has 0 radical (unpaired) electrons. The fourth-order valence-corrected chi connectivity index (χ4v) is 6.40. The fourth-order valence-electron chi connectivity index (χ4n) is 3.74. The molecule has 2 aliphatic heterocycles. The van der Waals surface area contributed by atoms with Crippen molar-refractivity contribution in [3.05, 3.63) is 59.7 Å². The summed E-state index contributed by atoms with van der Waals surface area (Å²) in [7, 11) is -7.44. The first-order valence-corrected chi connectivity index (χ1v) is 13.0. The maximum atomic E-state index is 12.9. The number of benzene rings is 2. The van der Waals surface area contributed by atoms with Crippen LogP contribution in [0.1, 0.15) is 18.1 Å². The second kappa shape index (κ2) is 8.58. The highest BCUT2D eigenvalue weighted by Crippen LogP contribution is 2.23. The van der Waals surface area contributed by atoms with Crippen LogP contribution in [-0.4, -0.2) is 70.0 Å². The third kappa shape index (κ3) is 4.35. The topological polar surface area (TPSA) is 140 Å². The lowest BCUT2D eigenvalue weighted by atomic mass is 10.2. The van der Waals surface area contributed by atoms with Gasteiger partial charge in [0.2, 0.25) is 15.9 Å². The van der Waals surface area contributed by atoms with Gasteiger partial charge in [-0.3, -0.25) is 14.5 Å². The fraction of sp³-hybridized carbons (Fsp3) is 0.286. The van der Waals surface area contributed by atoms with Gasteiger partial charge in [-0.25, -0.2) is 16.8 Å². The molecule has 4 rings (SSSR count). The molecule has 172 valence electrons. The van der Waals surface area contributed by atoms with Gasteiger partial charge in [0.25, 0.3) is 10.0 Å². The number of nitriles is 1. The minimum atomic E-state index is -3.74. The number of amidine groups is 1. The Kier molecular flexibility index (Phi) is 5.96. The second-order valence-corrected chi connectivity index (χ2v) is 11.2. The average molecular weight is 488 g/mol. The Morgan fingerprint density at radius 1 is 1.09 bits per heavy atom. The standard InChI is InChI=1S/C21H21N5O5S2/c1-15(23-20-18-4-2-3-5-19(18)32(28,29)24-20)21(27)25-10-12-26(13-11-25)33(30,31)17-8-6-16(14-22)7-9-17/h2-9,15H,10-13H2,1H3,(H,23,24)/t15-/m0/s1. The Balaban J connectivity index is 1.43. The summed E-state index contributed by atoms with van der Waals surface area (Å²) in [5.41, 5.74) is 0.780. The maximum Gasteiger partial charge on any atom is 0.263 e. The summed E-state index contributed by atoms with van der Waals surface area (Å²) >= 11 is 0. The van der Waals surface area contributed by atoms with Crippen molar-refractivity contribution in [2.75, 3.05) is 26.2 Å². The summed E-state index contributed by atoms with van der Waals surface area (Å²) < 4.78 is 53.9. The van der Waals surface area contributed by atoms with Crippen LogP contribution in [-0.2, 0) is 24.8 Å². The highest BCUT2D eigenvalue weighted by atomic mass is 32.2. The zero-order valence-corrected chi connectivity index (χ0v) is 19.3. The lowest BCUT2D eigenvalue weighted by Crippen LogP contribution is -2.52. The Morgan fingerprint density at radius 3 is 2.36 bits per heavy atom. The average Bonchev–Trinajstić information content (AvgIpc) is 3.08. The van der Waals surface area contributed by atoms with Crippen molar-refractivity contribution in [1.29, 1.82) is 5.26 Å². The Morgan fingerprint density at radius 2 is 1.73 bits per heavy atom. The molecule has 0 aliphatic carbocycles. The quantitative estimate of drug-likeness (QED) is 0.667. The number of carbonyl (C=O) groups excluding carboxylic acids is 1. The highest BCUT2D eigenvalue weighted by Gasteiger charge is 2.34. The summed E-state index contributed by atoms with van der Waals surface area (Å²) in [6, 6.07) is 13.2. The molecule has 10 nitrogen and oxygen atoms in total. The lowest BCUT2D eigenvalue weighted by Gasteiger charge is -2.34. The number of rotatable bonds is 4. The molecule has 1 fully saturated rings. The van der Waals surface area contributed by atoms with Crippen LogP contribution in [0.2, 0.25) is 0 Å². The first kappa shape index (κ1) is 22.9. The molecular weight excluding hydrogens is 466 g/mol. The summed E-state index contributed by atoms with van der Waals surface area (Å²) in [5.74, 6) is -0.199. The van der Waals surface area contributed by atoms with Gasteiger partial charge >= 0.3 is 0 Å². The Bertz CT molecular complexity index is 1370. The van der Waals surface area contributed by atoms with Gasteiger partial charge in [-0.15, -0.1) is 0 Å². The molecule has 0 saturated carbocycles. The zero-order chi connectivity index (χ0) is 23.8. The van der Waals surface area contributed by atoms with E-state index in [2.05, 4.69) is 9.71 Å². The number of sulfonamides is 2. The Labute approximate surface area is 192 Å². The van der Waals surface area contributed by atoms with Crippen LogP contribution in [0, 0.1) is 11.3 Å². The van der Waals surface area contributed by atoms with Gasteiger partial charge in [-0.1, -0.05) is 12.1 Å². The molecule has 0 spiro atoms. The van der Waals surface area contributed by atoms with Crippen LogP contribution in [0.25, 0.3) is 0 Å². The van der Waals surface area contributed by atoms with Gasteiger partial charge in [-0.2, -0.15) is 9.57 Å². The van der Waals surface area contributed by atoms with Crippen LogP contribution >= 0.6 is 0 Å². The highest BCUT2D eigenvalue weighted by molar-refractivity contribution is 7.90. The maximum absolute atomic E-state index is 12.9. The SMILES string of the molecule is C[C@H](N=C1NS(=O)(=O)c2ccccc21)C(=O)N1CCN(S(=O)(=O)c2ccc(C#N)cc2)CC1. The summed E-state index contributed by atoms with van der Waals surface area (Å²) in [6.45, 7) is 2.18. The number of fused-ring (bicyclic) bond motifs is 1. The molecule has 1 amide bonds. The second-order valence-electron chi connectivity index (χ2n) is 7.62. The summed E-state index contributed by atoms with van der Waals surface area (Å²) in [6.07, 6.45) is 0. The van der Waals surface area contributed by atoms with Crippen LogP contribution in [0.4, 0.5) is 0 Å². The number of carbonyl (C=O) groups is 1. The van der Waals surface area contributed by atoms with E-state index in [1.807, 2.05) is 6.07 Å². The third-order valence-corrected chi connectivity index (χ3v) is 8.82. The van der Waals surface area contributed by atoms with Crippen LogP contribution in [0.3, 0.4) is 0 Å². The molecule has 2 heterocycles. The predicted molar refractivity (Wildman–Crippen MR) is 119 cm³/mol. The minimum Gasteiger partial charge on any atom is -0.338 e. The number of nitrogens with one attached hydrogen (secondary N) is 1. The third-order valence-electron chi connectivity index (χ3n) is 5.51. The molecule has 1 atom stereocenters. The molecule has 2 aliphatic rings. The van der Waals surface area contributed by atoms with E-state index in [4.69, 9.17) is 5.26 Å². The van der Waals surface area contributed by atoms with E-state index in [9.17, 15) is 21.6 Å². The van der Waals surface area contributed by atoms with E-state index in [1.165, 1.54) is 39.5 Å². The van der Waals surface area contributed by atoms with E-state index >= 15 is 0 Å². The molecule has 12 heteroatoms. The molecule has 1 N–H and O–H groups in total. The molecule has 0 unspecified atom stereocenters. The van der Waals surface area contributed by atoms with Gasteiger partial charge in [0, 0.05) is 31.7 Å². The number of hydrogen-bond donors (Lipinski definition) is 1. The van der Waals surface area contributed by atoms with Gasteiger partial charge in [-0.05, 0) is 43.3 Å². The number of hydrogen-bond acceptors (Lipinski definition) is 7. The van der Waals surface area contributed by atoms with Crippen LogP contribution in [0.15, 0.2) is 63.3 Å². The van der Waals surface area contributed by atoms with E-state index in [0.29, 0.717) is 11.1 Å². The molecule has 0 bridgehead atoms. The van der Waals surface area contributed by atoms with E-state index in [1.54, 1.807) is 25.1 Å². The Hall–Kier alpha value is -3.27. The van der Waals surface area contributed by atoms with Crippen molar-refractivity contribution in [2.24, 2.45) is 4.99 Å². The number of amides is 1. The van der Waals surface area contributed by atoms with Crippen LogP contribution < -0.4 is 4.72 Å². The smallest absolute Gasteiger partial charge is 0.263 e. The predicted octanol–water partition coefficient (Wildman–Crippen LogP) is 0.518. The van der Waals surface area contributed by atoms with Crippen LogP contribution in [0.5, 0.6) is 0 Å². The van der Waals surface area contributed by atoms with E-state index in [-0.39, 0.29) is 47.7 Å². The normalized spacial score (nSPS) is 20.0. The summed E-state index contributed by atoms with van der Waals surface area (Å²) in [4.78, 5) is 18.9. The van der Waals surface area contributed by atoms with Crippen molar-refractivity contribution in [3.63, 3.8) is 0 Å². The van der Waals surface area contributed by atoms with Crippen molar-refractivity contribution in [3.8, 4) is 6.07 Å². The molecule has 2 aromatic carbocycles. The molecular formula is C21H21N5O5S2. The van der Waals surface area contributed by atoms with Crippen molar-refractivity contribution < 1.29 is 21.6 Å².